The molecular weight excluding hydrogens is 248 g/mol. The highest BCUT2D eigenvalue weighted by atomic mass is 15.4. The first-order chi connectivity index (χ1) is 9.70. The molecule has 0 saturated heterocycles. The summed E-state index contributed by atoms with van der Waals surface area (Å²) in [5.41, 5.74) is 6.05. The van der Waals surface area contributed by atoms with Crippen molar-refractivity contribution in [1.29, 1.82) is 0 Å². The highest BCUT2D eigenvalue weighted by molar-refractivity contribution is 5.82. The van der Waals surface area contributed by atoms with Gasteiger partial charge in [0.25, 0.3) is 0 Å². The summed E-state index contributed by atoms with van der Waals surface area (Å²) >= 11 is 0. The molecule has 3 N–H and O–H groups in total. The molecule has 104 valence electrons. The number of aryl methyl sites for hydroxylation is 1. The van der Waals surface area contributed by atoms with E-state index in [0.717, 1.165) is 12.2 Å². The number of aliphatic imine (C=N–C) groups is 1. The van der Waals surface area contributed by atoms with Gasteiger partial charge in [-0.25, -0.2) is 10.8 Å². The van der Waals surface area contributed by atoms with Crippen LogP contribution in [0.2, 0.25) is 0 Å². The SMILES string of the molecule is Cc1ccccc1CN(C)C(=Nc1ccccc1)NN. The number of nitrogens with zero attached hydrogens (tertiary/aromatic N) is 2. The van der Waals surface area contributed by atoms with Crippen molar-refractivity contribution in [2.45, 2.75) is 13.5 Å². The van der Waals surface area contributed by atoms with Crippen LogP contribution in [0.4, 0.5) is 5.69 Å². The van der Waals surface area contributed by atoms with Crippen LogP contribution in [-0.2, 0) is 6.54 Å². The fraction of sp³-hybridized carbons (Fsp3) is 0.188. The van der Waals surface area contributed by atoms with E-state index in [-0.39, 0.29) is 0 Å². The predicted molar refractivity (Wildman–Crippen MR) is 83.5 cm³/mol. The second-order valence-electron chi connectivity index (χ2n) is 4.70. The van der Waals surface area contributed by atoms with Gasteiger partial charge in [0, 0.05) is 13.6 Å². The summed E-state index contributed by atoms with van der Waals surface area (Å²) in [4.78, 5) is 6.50. The zero-order chi connectivity index (χ0) is 14.4. The summed E-state index contributed by atoms with van der Waals surface area (Å²) in [5.74, 6) is 6.23. The Labute approximate surface area is 119 Å². The summed E-state index contributed by atoms with van der Waals surface area (Å²) in [6.45, 7) is 2.86. The van der Waals surface area contributed by atoms with E-state index in [4.69, 9.17) is 5.84 Å². The Kier molecular flexibility index (Phi) is 4.74. The molecule has 0 fully saturated rings. The van der Waals surface area contributed by atoms with Gasteiger partial charge in [0.1, 0.15) is 0 Å². The fourth-order valence-corrected chi connectivity index (χ4v) is 1.97. The Morgan fingerprint density at radius 3 is 2.40 bits per heavy atom. The lowest BCUT2D eigenvalue weighted by atomic mass is 10.1. The lowest BCUT2D eigenvalue weighted by molar-refractivity contribution is 0.479. The quantitative estimate of drug-likeness (QED) is 0.389. The van der Waals surface area contributed by atoms with Gasteiger partial charge in [-0.3, -0.25) is 5.43 Å². The molecule has 2 rings (SSSR count). The molecule has 0 aliphatic heterocycles. The molecule has 0 atom stereocenters. The Morgan fingerprint density at radius 1 is 1.10 bits per heavy atom. The predicted octanol–water partition coefficient (Wildman–Crippen LogP) is 2.58. The third-order valence-electron chi connectivity index (χ3n) is 3.15. The smallest absolute Gasteiger partial charge is 0.213 e. The highest BCUT2D eigenvalue weighted by Gasteiger charge is 2.07. The van der Waals surface area contributed by atoms with Crippen LogP contribution in [-0.4, -0.2) is 17.9 Å². The molecule has 0 bridgehead atoms. The zero-order valence-electron chi connectivity index (χ0n) is 11.9. The Hall–Kier alpha value is -2.33. The third-order valence-corrected chi connectivity index (χ3v) is 3.15. The van der Waals surface area contributed by atoms with Crippen LogP contribution in [0.5, 0.6) is 0 Å². The van der Waals surface area contributed by atoms with Crippen LogP contribution in [0, 0.1) is 6.92 Å². The van der Waals surface area contributed by atoms with Gasteiger partial charge in [0.2, 0.25) is 5.96 Å². The topological polar surface area (TPSA) is 53.6 Å². The first kappa shape index (κ1) is 14.1. The van der Waals surface area contributed by atoms with Gasteiger partial charge in [-0.05, 0) is 30.2 Å². The van der Waals surface area contributed by atoms with Crippen molar-refractivity contribution >= 4 is 11.6 Å². The van der Waals surface area contributed by atoms with E-state index >= 15 is 0 Å². The van der Waals surface area contributed by atoms with E-state index in [1.807, 2.05) is 54.4 Å². The van der Waals surface area contributed by atoms with Gasteiger partial charge in [-0.1, -0.05) is 42.5 Å². The minimum atomic E-state index is 0.638. The van der Waals surface area contributed by atoms with Crippen molar-refractivity contribution in [1.82, 2.24) is 10.3 Å². The standard InChI is InChI=1S/C16H20N4/c1-13-8-6-7-9-14(13)12-20(2)16(19-17)18-15-10-4-3-5-11-15/h3-11H,12,17H2,1-2H3,(H,18,19). The second-order valence-corrected chi connectivity index (χ2v) is 4.70. The molecule has 0 aliphatic carbocycles. The van der Waals surface area contributed by atoms with E-state index < -0.39 is 0 Å². The van der Waals surface area contributed by atoms with Gasteiger partial charge in [0.15, 0.2) is 0 Å². The van der Waals surface area contributed by atoms with E-state index in [9.17, 15) is 0 Å². The number of hydrogen-bond donors (Lipinski definition) is 2. The highest BCUT2D eigenvalue weighted by Crippen LogP contribution is 2.13. The molecule has 0 aliphatic rings. The van der Waals surface area contributed by atoms with Crippen LogP contribution in [0.3, 0.4) is 0 Å². The van der Waals surface area contributed by atoms with Gasteiger partial charge < -0.3 is 4.90 Å². The average molecular weight is 268 g/mol. The number of rotatable bonds is 3. The molecular formula is C16H20N4. The average Bonchev–Trinajstić information content (AvgIpc) is 2.48. The number of para-hydroxylation sites is 1. The Bertz CT molecular complexity index is 578. The Balaban J connectivity index is 2.16. The molecule has 4 heteroatoms. The van der Waals surface area contributed by atoms with E-state index in [1.54, 1.807) is 0 Å². The van der Waals surface area contributed by atoms with Gasteiger partial charge in [-0.2, -0.15) is 0 Å². The van der Waals surface area contributed by atoms with E-state index in [2.05, 4.69) is 29.5 Å². The molecule has 20 heavy (non-hydrogen) atoms. The number of benzene rings is 2. The molecule has 2 aromatic rings. The fourth-order valence-electron chi connectivity index (χ4n) is 1.97. The first-order valence-electron chi connectivity index (χ1n) is 6.56. The van der Waals surface area contributed by atoms with Gasteiger partial charge in [0.05, 0.1) is 5.69 Å². The van der Waals surface area contributed by atoms with Crippen molar-refractivity contribution in [3.63, 3.8) is 0 Å². The molecule has 0 aromatic heterocycles. The Morgan fingerprint density at radius 2 is 1.75 bits per heavy atom. The number of guanidine groups is 1. The summed E-state index contributed by atoms with van der Waals surface area (Å²) in [7, 11) is 1.97. The minimum absolute atomic E-state index is 0.638. The van der Waals surface area contributed by atoms with Crippen molar-refractivity contribution in [3.8, 4) is 0 Å². The van der Waals surface area contributed by atoms with Gasteiger partial charge in [-0.15, -0.1) is 0 Å². The molecule has 0 heterocycles. The zero-order valence-corrected chi connectivity index (χ0v) is 11.9. The molecule has 0 saturated carbocycles. The van der Waals surface area contributed by atoms with Crippen molar-refractivity contribution in [3.05, 3.63) is 65.7 Å². The second kappa shape index (κ2) is 6.73. The molecule has 4 nitrogen and oxygen atoms in total. The lowest BCUT2D eigenvalue weighted by Crippen LogP contribution is -2.42. The molecule has 0 unspecified atom stereocenters. The van der Waals surface area contributed by atoms with Crippen LogP contribution < -0.4 is 11.3 Å². The molecule has 0 amide bonds. The number of hydrazine groups is 1. The molecule has 2 aromatic carbocycles. The third kappa shape index (κ3) is 3.59. The van der Waals surface area contributed by atoms with Crippen molar-refractivity contribution < 1.29 is 0 Å². The number of nitrogens with one attached hydrogen (secondary N) is 1. The normalized spacial score (nSPS) is 11.2. The van der Waals surface area contributed by atoms with Crippen LogP contribution in [0.1, 0.15) is 11.1 Å². The molecule has 0 radical (unpaired) electrons. The lowest BCUT2D eigenvalue weighted by Gasteiger charge is -2.21. The van der Waals surface area contributed by atoms with Crippen molar-refractivity contribution in [2.24, 2.45) is 10.8 Å². The van der Waals surface area contributed by atoms with E-state index in [0.29, 0.717) is 5.96 Å². The number of nitrogens with two attached hydrogens (primary N) is 1. The molecule has 0 spiro atoms. The van der Waals surface area contributed by atoms with Crippen LogP contribution in [0.25, 0.3) is 0 Å². The summed E-state index contributed by atoms with van der Waals surface area (Å²) in [5, 5.41) is 0. The first-order valence-corrected chi connectivity index (χ1v) is 6.56. The van der Waals surface area contributed by atoms with Crippen LogP contribution >= 0.6 is 0 Å². The van der Waals surface area contributed by atoms with E-state index in [1.165, 1.54) is 11.1 Å². The number of hydrogen-bond acceptors (Lipinski definition) is 2. The maximum atomic E-state index is 5.59. The van der Waals surface area contributed by atoms with Crippen LogP contribution in [0.15, 0.2) is 59.6 Å². The summed E-state index contributed by atoms with van der Waals surface area (Å²) < 4.78 is 0. The summed E-state index contributed by atoms with van der Waals surface area (Å²) in [6, 6.07) is 18.1. The maximum absolute atomic E-state index is 5.59. The summed E-state index contributed by atoms with van der Waals surface area (Å²) in [6.07, 6.45) is 0. The monoisotopic (exact) mass is 268 g/mol. The van der Waals surface area contributed by atoms with Gasteiger partial charge >= 0.3 is 0 Å². The maximum Gasteiger partial charge on any atom is 0.213 e. The largest absolute Gasteiger partial charge is 0.340 e. The van der Waals surface area contributed by atoms with Crippen molar-refractivity contribution in [2.75, 3.05) is 7.05 Å². The minimum Gasteiger partial charge on any atom is -0.340 e.